The van der Waals surface area contributed by atoms with Gasteiger partial charge in [0.25, 0.3) is 11.5 Å². The lowest BCUT2D eigenvalue weighted by Crippen LogP contribution is -2.40. The van der Waals surface area contributed by atoms with Crippen molar-refractivity contribution in [2.24, 2.45) is 0 Å². The first-order valence-corrected chi connectivity index (χ1v) is 12.5. The summed E-state index contributed by atoms with van der Waals surface area (Å²) in [5, 5.41) is 8.31. The number of aromatic amines is 1. The Balaban J connectivity index is 1.39. The molecule has 0 saturated carbocycles. The number of rotatable bonds is 4. The molecule has 0 radical (unpaired) electrons. The lowest BCUT2D eigenvalue weighted by Gasteiger charge is -2.32. The number of nitrogens with zero attached hydrogens (tertiary/aromatic N) is 5. The van der Waals surface area contributed by atoms with Crippen molar-refractivity contribution in [1.29, 1.82) is 0 Å². The SMILES string of the molecule is Cc1ccc(C(=O)N2CCCC(c3nc4c(nnn4Cc4ccc(C(C)(C)C)cc4)c(=O)[nH]3)C2)cc1. The van der Waals surface area contributed by atoms with Crippen molar-refractivity contribution >= 4 is 17.1 Å². The fourth-order valence-electron chi connectivity index (χ4n) is 4.73. The van der Waals surface area contributed by atoms with Crippen LogP contribution in [-0.4, -0.2) is 48.9 Å². The second-order valence-electron chi connectivity index (χ2n) is 10.8. The standard InChI is InChI=1S/C28H32N6O2/c1-18-7-11-20(12-8-18)27(36)33-15-5-6-21(17-33)24-29-25-23(26(35)30-24)31-32-34(25)16-19-9-13-22(14-10-19)28(2,3)4/h7-14,21H,5-6,15-17H2,1-4H3,(H,29,30,35). The summed E-state index contributed by atoms with van der Waals surface area (Å²) in [5.74, 6) is 0.536. The molecule has 3 heterocycles. The van der Waals surface area contributed by atoms with E-state index in [1.807, 2.05) is 36.1 Å². The summed E-state index contributed by atoms with van der Waals surface area (Å²) in [6, 6.07) is 16.1. The van der Waals surface area contributed by atoms with Crippen molar-refractivity contribution in [1.82, 2.24) is 29.9 Å². The summed E-state index contributed by atoms with van der Waals surface area (Å²) in [6.07, 6.45) is 1.70. The minimum absolute atomic E-state index is 0.00790. The van der Waals surface area contributed by atoms with E-state index in [0.717, 1.165) is 24.0 Å². The van der Waals surface area contributed by atoms with Crippen molar-refractivity contribution in [2.75, 3.05) is 13.1 Å². The molecule has 36 heavy (non-hydrogen) atoms. The van der Waals surface area contributed by atoms with Gasteiger partial charge in [-0.2, -0.15) is 0 Å². The van der Waals surface area contributed by atoms with Gasteiger partial charge in [-0.05, 0) is 48.4 Å². The molecule has 8 heteroatoms. The second-order valence-corrected chi connectivity index (χ2v) is 10.8. The molecule has 8 nitrogen and oxygen atoms in total. The molecule has 1 amide bonds. The molecular weight excluding hydrogens is 452 g/mol. The molecule has 186 valence electrons. The maximum Gasteiger partial charge on any atom is 0.281 e. The number of fused-ring (bicyclic) bond motifs is 1. The van der Waals surface area contributed by atoms with E-state index in [2.05, 4.69) is 60.3 Å². The van der Waals surface area contributed by atoms with Gasteiger partial charge in [0.1, 0.15) is 5.82 Å². The fraction of sp³-hybridized carbons (Fsp3) is 0.393. The molecule has 2 aromatic carbocycles. The van der Waals surface area contributed by atoms with Crippen LogP contribution < -0.4 is 5.56 Å². The van der Waals surface area contributed by atoms with E-state index < -0.39 is 0 Å². The summed E-state index contributed by atoms with van der Waals surface area (Å²) in [6.45, 7) is 10.2. The average molecular weight is 485 g/mol. The van der Waals surface area contributed by atoms with Crippen molar-refractivity contribution in [2.45, 2.75) is 58.4 Å². The van der Waals surface area contributed by atoms with E-state index >= 15 is 0 Å². The molecule has 1 N–H and O–H groups in total. The quantitative estimate of drug-likeness (QED) is 0.469. The molecule has 4 aromatic rings. The normalized spacial score (nSPS) is 16.4. The fourth-order valence-corrected chi connectivity index (χ4v) is 4.73. The van der Waals surface area contributed by atoms with E-state index in [1.54, 1.807) is 4.68 Å². The summed E-state index contributed by atoms with van der Waals surface area (Å²) < 4.78 is 1.68. The van der Waals surface area contributed by atoms with E-state index in [1.165, 1.54) is 5.56 Å². The molecule has 0 spiro atoms. The number of aryl methyl sites for hydroxylation is 1. The Morgan fingerprint density at radius 2 is 1.81 bits per heavy atom. The number of hydrogen-bond acceptors (Lipinski definition) is 5. The van der Waals surface area contributed by atoms with Gasteiger partial charge in [0.2, 0.25) is 0 Å². The molecule has 2 aromatic heterocycles. The van der Waals surface area contributed by atoms with E-state index in [9.17, 15) is 9.59 Å². The van der Waals surface area contributed by atoms with Crippen LogP contribution in [0.2, 0.25) is 0 Å². The lowest BCUT2D eigenvalue weighted by molar-refractivity contribution is 0.0704. The Labute approximate surface area is 210 Å². The van der Waals surface area contributed by atoms with Gasteiger partial charge in [0.15, 0.2) is 11.2 Å². The predicted octanol–water partition coefficient (Wildman–Crippen LogP) is 4.19. The van der Waals surface area contributed by atoms with Gasteiger partial charge in [-0.25, -0.2) is 9.67 Å². The van der Waals surface area contributed by atoms with Crippen molar-refractivity contribution in [3.63, 3.8) is 0 Å². The predicted molar refractivity (Wildman–Crippen MR) is 139 cm³/mol. The van der Waals surface area contributed by atoms with Gasteiger partial charge in [-0.3, -0.25) is 9.59 Å². The van der Waals surface area contributed by atoms with Crippen LogP contribution >= 0.6 is 0 Å². The summed E-state index contributed by atoms with van der Waals surface area (Å²) in [7, 11) is 0. The third-order valence-electron chi connectivity index (χ3n) is 6.94. The Kier molecular flexibility index (Phi) is 6.20. The van der Waals surface area contributed by atoms with Crippen LogP contribution in [0.3, 0.4) is 0 Å². The number of hydrogen-bond donors (Lipinski definition) is 1. The summed E-state index contributed by atoms with van der Waals surface area (Å²) in [5.41, 5.74) is 4.60. The molecule has 0 bridgehead atoms. The molecular formula is C28H32N6O2. The minimum atomic E-state index is -0.300. The van der Waals surface area contributed by atoms with Crippen molar-refractivity contribution in [3.05, 3.63) is 87.0 Å². The average Bonchev–Trinajstić information content (AvgIpc) is 3.27. The number of likely N-dealkylation sites (tertiary alicyclic amines) is 1. The molecule has 1 aliphatic rings. The maximum absolute atomic E-state index is 13.1. The second kappa shape index (κ2) is 9.33. The highest BCUT2D eigenvalue weighted by molar-refractivity contribution is 5.94. The third kappa shape index (κ3) is 4.80. The number of carbonyl (C=O) groups excluding carboxylic acids is 1. The Morgan fingerprint density at radius 3 is 2.50 bits per heavy atom. The summed E-state index contributed by atoms with van der Waals surface area (Å²) >= 11 is 0. The van der Waals surface area contributed by atoms with Gasteiger partial charge >= 0.3 is 0 Å². The first kappa shape index (κ1) is 23.9. The van der Waals surface area contributed by atoms with Gasteiger partial charge in [-0.1, -0.05) is 67.9 Å². The molecule has 1 saturated heterocycles. The van der Waals surface area contributed by atoms with Gasteiger partial charge in [-0.15, -0.1) is 5.10 Å². The van der Waals surface area contributed by atoms with Crippen molar-refractivity contribution in [3.8, 4) is 0 Å². The van der Waals surface area contributed by atoms with Crippen LogP contribution in [0.15, 0.2) is 53.3 Å². The first-order valence-electron chi connectivity index (χ1n) is 12.5. The number of H-pyrrole nitrogens is 1. The molecule has 0 aliphatic carbocycles. The largest absolute Gasteiger partial charge is 0.338 e. The van der Waals surface area contributed by atoms with E-state index in [0.29, 0.717) is 36.7 Å². The minimum Gasteiger partial charge on any atom is -0.338 e. The highest BCUT2D eigenvalue weighted by Gasteiger charge is 2.28. The monoisotopic (exact) mass is 484 g/mol. The lowest BCUT2D eigenvalue weighted by atomic mass is 9.87. The third-order valence-corrected chi connectivity index (χ3v) is 6.94. The van der Waals surface area contributed by atoms with Crippen LogP contribution in [0.25, 0.3) is 11.2 Å². The zero-order valence-corrected chi connectivity index (χ0v) is 21.3. The Morgan fingerprint density at radius 1 is 1.08 bits per heavy atom. The Hall–Kier alpha value is -3.81. The Bertz CT molecular complexity index is 1440. The highest BCUT2D eigenvalue weighted by Crippen LogP contribution is 2.26. The van der Waals surface area contributed by atoms with Crippen LogP contribution in [0.1, 0.15) is 72.4 Å². The van der Waals surface area contributed by atoms with E-state index in [4.69, 9.17) is 4.98 Å². The highest BCUT2D eigenvalue weighted by atomic mass is 16.2. The molecule has 5 rings (SSSR count). The first-order chi connectivity index (χ1) is 17.2. The summed E-state index contributed by atoms with van der Waals surface area (Å²) in [4.78, 5) is 35.5. The number of amides is 1. The topological polar surface area (TPSA) is 96.8 Å². The molecule has 1 aliphatic heterocycles. The zero-order chi connectivity index (χ0) is 25.4. The number of benzene rings is 2. The van der Waals surface area contributed by atoms with Crippen molar-refractivity contribution < 1.29 is 4.79 Å². The number of carbonyl (C=O) groups is 1. The number of piperidine rings is 1. The molecule has 1 unspecified atom stereocenters. The maximum atomic E-state index is 13.1. The van der Waals surface area contributed by atoms with Crippen LogP contribution in [-0.2, 0) is 12.0 Å². The van der Waals surface area contributed by atoms with Gasteiger partial charge < -0.3 is 9.88 Å². The van der Waals surface area contributed by atoms with Crippen LogP contribution in [0, 0.1) is 6.92 Å². The number of aromatic nitrogens is 5. The van der Waals surface area contributed by atoms with Crippen LogP contribution in [0.5, 0.6) is 0 Å². The van der Waals surface area contributed by atoms with E-state index in [-0.39, 0.29) is 28.3 Å². The zero-order valence-electron chi connectivity index (χ0n) is 21.3. The molecule has 1 atom stereocenters. The van der Waals surface area contributed by atoms with Gasteiger partial charge in [0, 0.05) is 24.6 Å². The number of nitrogens with one attached hydrogen (secondary N) is 1. The molecule has 1 fully saturated rings. The van der Waals surface area contributed by atoms with Crippen LogP contribution in [0.4, 0.5) is 0 Å². The smallest absolute Gasteiger partial charge is 0.281 e. The van der Waals surface area contributed by atoms with Gasteiger partial charge in [0.05, 0.1) is 6.54 Å².